The van der Waals surface area contributed by atoms with Crippen molar-refractivity contribution in [2.75, 3.05) is 10.5 Å². The van der Waals surface area contributed by atoms with Crippen LogP contribution in [0.3, 0.4) is 0 Å². The largest absolute Gasteiger partial charge is 0.396 e. The minimum atomic E-state index is -4.02. The average Bonchev–Trinajstić information content (AvgIpc) is 2.38. The van der Waals surface area contributed by atoms with Crippen LogP contribution in [-0.2, 0) is 10.0 Å². The van der Waals surface area contributed by atoms with Gasteiger partial charge in [-0.15, -0.1) is 0 Å². The van der Waals surface area contributed by atoms with Gasteiger partial charge in [-0.2, -0.15) is 0 Å². The second kappa shape index (κ2) is 6.12. The lowest BCUT2D eigenvalue weighted by molar-refractivity contribution is 0.600. The van der Waals surface area contributed by atoms with E-state index in [1.807, 2.05) is 0 Å². The summed E-state index contributed by atoms with van der Waals surface area (Å²) in [5, 5.41) is -0.252. The van der Waals surface area contributed by atoms with Gasteiger partial charge < -0.3 is 5.73 Å². The van der Waals surface area contributed by atoms with E-state index in [2.05, 4.69) is 36.6 Å². The molecule has 0 amide bonds. The van der Waals surface area contributed by atoms with E-state index in [1.54, 1.807) is 18.2 Å². The number of nitrogens with two attached hydrogens (primary N) is 1. The molecule has 0 bridgehead atoms. The van der Waals surface area contributed by atoms with Crippen molar-refractivity contribution >= 4 is 64.9 Å². The molecule has 0 fully saturated rings. The van der Waals surface area contributed by atoms with E-state index in [-0.39, 0.29) is 15.6 Å². The van der Waals surface area contributed by atoms with Gasteiger partial charge in [0.1, 0.15) is 10.7 Å². The van der Waals surface area contributed by atoms with Gasteiger partial charge >= 0.3 is 0 Å². The van der Waals surface area contributed by atoms with Crippen LogP contribution in [0.2, 0.25) is 5.02 Å². The monoisotopic (exact) mass is 456 g/mol. The summed E-state index contributed by atoms with van der Waals surface area (Å²) in [7, 11) is -4.02. The summed E-state index contributed by atoms with van der Waals surface area (Å²) >= 11 is 12.3. The number of anilines is 2. The van der Waals surface area contributed by atoms with Gasteiger partial charge in [0.15, 0.2) is 0 Å². The first-order valence-corrected chi connectivity index (χ1v) is 8.88. The molecule has 3 N–H and O–H groups in total. The Kier molecular flexibility index (Phi) is 4.82. The van der Waals surface area contributed by atoms with E-state index in [4.69, 9.17) is 17.3 Å². The molecule has 0 spiro atoms. The molecule has 21 heavy (non-hydrogen) atoms. The number of benzene rings is 2. The van der Waals surface area contributed by atoms with Crippen LogP contribution in [0, 0.1) is 5.82 Å². The topological polar surface area (TPSA) is 72.2 Å². The van der Waals surface area contributed by atoms with Crippen molar-refractivity contribution in [3.63, 3.8) is 0 Å². The minimum Gasteiger partial charge on any atom is -0.396 e. The van der Waals surface area contributed by atoms with E-state index < -0.39 is 15.8 Å². The second-order valence-electron chi connectivity index (χ2n) is 4.01. The number of hydrogen-bond donors (Lipinski definition) is 2. The number of para-hydroxylation sites is 1. The summed E-state index contributed by atoms with van der Waals surface area (Å²) < 4.78 is 41.5. The van der Waals surface area contributed by atoms with Gasteiger partial charge in [0.05, 0.1) is 16.4 Å². The maximum Gasteiger partial charge on any atom is 0.263 e. The smallest absolute Gasteiger partial charge is 0.263 e. The van der Waals surface area contributed by atoms with Crippen molar-refractivity contribution in [1.29, 1.82) is 0 Å². The van der Waals surface area contributed by atoms with E-state index in [9.17, 15) is 12.8 Å². The van der Waals surface area contributed by atoms with Crippen LogP contribution in [0.15, 0.2) is 44.2 Å². The van der Waals surface area contributed by atoms with Crippen LogP contribution in [-0.4, -0.2) is 8.42 Å². The highest BCUT2D eigenvalue weighted by molar-refractivity contribution is 9.11. The van der Waals surface area contributed by atoms with Crippen LogP contribution >= 0.6 is 43.5 Å². The first kappa shape index (κ1) is 16.5. The molecule has 112 valence electrons. The molecule has 0 aliphatic carbocycles. The van der Waals surface area contributed by atoms with Crippen molar-refractivity contribution in [1.82, 2.24) is 0 Å². The van der Waals surface area contributed by atoms with Gasteiger partial charge in [-0.3, -0.25) is 4.72 Å². The van der Waals surface area contributed by atoms with Crippen molar-refractivity contribution in [2.45, 2.75) is 4.90 Å². The fourth-order valence-electron chi connectivity index (χ4n) is 1.54. The molecule has 0 heterocycles. The van der Waals surface area contributed by atoms with Crippen LogP contribution in [0.25, 0.3) is 0 Å². The Labute approximate surface area is 142 Å². The second-order valence-corrected chi connectivity index (χ2v) is 7.77. The zero-order valence-corrected chi connectivity index (χ0v) is 14.9. The van der Waals surface area contributed by atoms with Gasteiger partial charge in [-0.05, 0) is 56.1 Å². The first-order chi connectivity index (χ1) is 9.72. The molecule has 0 radical (unpaired) electrons. The third-order valence-electron chi connectivity index (χ3n) is 2.54. The van der Waals surface area contributed by atoms with Crippen molar-refractivity contribution in [3.05, 3.63) is 50.1 Å². The molecule has 0 saturated carbocycles. The van der Waals surface area contributed by atoms with Gasteiger partial charge in [-0.25, -0.2) is 12.8 Å². The lowest BCUT2D eigenvalue weighted by Gasteiger charge is -2.13. The summed E-state index contributed by atoms with van der Waals surface area (Å²) in [6.07, 6.45) is 0. The fraction of sp³-hybridized carbons (Fsp3) is 0. The van der Waals surface area contributed by atoms with Crippen molar-refractivity contribution < 1.29 is 12.8 Å². The van der Waals surface area contributed by atoms with Crippen molar-refractivity contribution in [2.24, 2.45) is 0 Å². The van der Waals surface area contributed by atoms with Gasteiger partial charge in [0.25, 0.3) is 10.0 Å². The van der Waals surface area contributed by atoms with Crippen LogP contribution in [0.4, 0.5) is 15.8 Å². The minimum absolute atomic E-state index is 0.252. The molecule has 4 nitrogen and oxygen atoms in total. The van der Waals surface area contributed by atoms with Crippen LogP contribution in [0.1, 0.15) is 0 Å². The molecular weight excluding hydrogens is 450 g/mol. The SMILES string of the molecule is Nc1cc(S(=O)(=O)Nc2c(Br)cccc2Br)c(Cl)cc1F. The Morgan fingerprint density at radius 2 is 1.76 bits per heavy atom. The lowest BCUT2D eigenvalue weighted by Crippen LogP contribution is -2.15. The standard InChI is InChI=1S/C12H8Br2ClFN2O2S/c13-6-2-1-3-7(14)12(6)18-21(19,20)11-5-10(17)9(16)4-8(11)15/h1-5,18H,17H2. The Morgan fingerprint density at radius 3 is 2.33 bits per heavy atom. The molecule has 2 aromatic carbocycles. The Balaban J connectivity index is 2.51. The molecule has 0 unspecified atom stereocenters. The van der Waals surface area contributed by atoms with E-state index >= 15 is 0 Å². The van der Waals surface area contributed by atoms with E-state index in [1.165, 1.54) is 0 Å². The molecule has 9 heteroatoms. The number of sulfonamides is 1. The molecule has 2 aromatic rings. The van der Waals surface area contributed by atoms with Crippen LogP contribution in [0.5, 0.6) is 0 Å². The number of hydrogen-bond acceptors (Lipinski definition) is 3. The summed E-state index contributed by atoms with van der Waals surface area (Å²) in [4.78, 5) is -0.300. The predicted molar refractivity (Wildman–Crippen MR) is 88.5 cm³/mol. The third-order valence-corrected chi connectivity index (χ3v) is 5.68. The number of rotatable bonds is 3. The van der Waals surface area contributed by atoms with Gasteiger partial charge in [0, 0.05) is 8.95 Å². The van der Waals surface area contributed by atoms with Crippen molar-refractivity contribution in [3.8, 4) is 0 Å². The highest BCUT2D eigenvalue weighted by Crippen LogP contribution is 2.34. The normalized spacial score (nSPS) is 11.4. The molecular formula is C12H8Br2ClFN2O2S. The molecule has 0 saturated heterocycles. The Hall–Kier alpha value is -0.830. The summed E-state index contributed by atoms with van der Waals surface area (Å²) in [5.41, 5.74) is 5.40. The summed E-state index contributed by atoms with van der Waals surface area (Å²) in [6.45, 7) is 0. The molecule has 0 aromatic heterocycles. The maximum atomic E-state index is 13.3. The number of halogens is 4. The molecule has 0 aliphatic rings. The zero-order chi connectivity index (χ0) is 15.8. The third kappa shape index (κ3) is 3.50. The fourth-order valence-corrected chi connectivity index (χ4v) is 4.65. The average molecular weight is 459 g/mol. The predicted octanol–water partition coefficient (Wildman–Crippen LogP) is 4.39. The first-order valence-electron chi connectivity index (χ1n) is 5.43. The van der Waals surface area contributed by atoms with Gasteiger partial charge in [0.2, 0.25) is 0 Å². The molecule has 2 rings (SSSR count). The van der Waals surface area contributed by atoms with Crippen LogP contribution < -0.4 is 10.5 Å². The number of nitrogens with one attached hydrogen (secondary N) is 1. The summed E-state index contributed by atoms with van der Waals surface area (Å²) in [6, 6.07) is 6.91. The molecule has 0 atom stereocenters. The van der Waals surface area contributed by atoms with Gasteiger partial charge in [-0.1, -0.05) is 17.7 Å². The molecule has 0 aliphatic heterocycles. The number of nitrogen functional groups attached to an aromatic ring is 1. The Bertz CT molecular complexity index is 795. The van der Waals surface area contributed by atoms with E-state index in [0.717, 1.165) is 12.1 Å². The van der Waals surface area contributed by atoms with E-state index in [0.29, 0.717) is 14.6 Å². The lowest BCUT2D eigenvalue weighted by atomic mass is 10.3. The summed E-state index contributed by atoms with van der Waals surface area (Å²) in [5.74, 6) is -0.777. The quantitative estimate of drug-likeness (QED) is 0.671. The highest BCUT2D eigenvalue weighted by atomic mass is 79.9. The zero-order valence-electron chi connectivity index (χ0n) is 10.2. The Morgan fingerprint density at radius 1 is 1.19 bits per heavy atom. The maximum absolute atomic E-state index is 13.3. The highest BCUT2D eigenvalue weighted by Gasteiger charge is 2.22.